The molecule has 0 radical (unpaired) electrons. The van der Waals surface area contributed by atoms with Crippen LogP contribution >= 0.6 is 34.5 Å². The van der Waals surface area contributed by atoms with Crippen molar-refractivity contribution in [3.05, 3.63) is 20.3 Å². The van der Waals surface area contributed by atoms with Crippen molar-refractivity contribution in [3.63, 3.8) is 0 Å². The summed E-state index contributed by atoms with van der Waals surface area (Å²) in [6.45, 7) is 3.07. The number of hydrogen-bond donors (Lipinski definition) is 1. The van der Waals surface area contributed by atoms with Gasteiger partial charge in [0.15, 0.2) is 0 Å². The van der Waals surface area contributed by atoms with Crippen molar-refractivity contribution in [2.75, 3.05) is 13.1 Å². The van der Waals surface area contributed by atoms with Gasteiger partial charge < -0.3 is 10.0 Å². The van der Waals surface area contributed by atoms with Crippen LogP contribution in [0.25, 0.3) is 0 Å². The van der Waals surface area contributed by atoms with Crippen LogP contribution in [-0.2, 0) is 0 Å². The zero-order chi connectivity index (χ0) is 13.3. The van der Waals surface area contributed by atoms with Crippen molar-refractivity contribution < 1.29 is 9.90 Å². The van der Waals surface area contributed by atoms with E-state index in [0.29, 0.717) is 27.3 Å². The minimum absolute atomic E-state index is 0.0894. The first-order chi connectivity index (χ1) is 8.49. The predicted molar refractivity (Wildman–Crippen MR) is 74.6 cm³/mol. The van der Waals surface area contributed by atoms with Gasteiger partial charge in [0.05, 0.1) is 16.0 Å². The van der Waals surface area contributed by atoms with Gasteiger partial charge in [0.1, 0.15) is 4.34 Å². The quantitative estimate of drug-likeness (QED) is 0.911. The first kappa shape index (κ1) is 14.1. The second-order valence-electron chi connectivity index (χ2n) is 4.63. The summed E-state index contributed by atoms with van der Waals surface area (Å²) in [4.78, 5) is 14.1. The molecular weight excluding hydrogens is 293 g/mol. The maximum absolute atomic E-state index is 12.3. The van der Waals surface area contributed by atoms with Gasteiger partial charge in [-0.25, -0.2) is 0 Å². The maximum Gasteiger partial charge on any atom is 0.256 e. The SMILES string of the molecule is CC(O)C1CCCN(C(=O)c2cc(Cl)sc2Cl)C1. The van der Waals surface area contributed by atoms with Crippen molar-refractivity contribution in [2.45, 2.75) is 25.9 Å². The second kappa shape index (κ2) is 5.78. The molecule has 0 spiro atoms. The van der Waals surface area contributed by atoms with Crippen LogP contribution in [-0.4, -0.2) is 35.1 Å². The summed E-state index contributed by atoms with van der Waals surface area (Å²) in [5.41, 5.74) is 0.470. The molecule has 2 heterocycles. The van der Waals surface area contributed by atoms with Gasteiger partial charge in [-0.05, 0) is 25.8 Å². The fourth-order valence-corrected chi connectivity index (χ4v) is 3.69. The third-order valence-electron chi connectivity index (χ3n) is 3.31. The van der Waals surface area contributed by atoms with E-state index in [-0.39, 0.29) is 17.9 Å². The van der Waals surface area contributed by atoms with Crippen molar-refractivity contribution in [1.29, 1.82) is 0 Å². The molecule has 1 N–H and O–H groups in total. The molecule has 0 bridgehead atoms. The van der Waals surface area contributed by atoms with E-state index in [1.165, 1.54) is 11.3 Å². The lowest BCUT2D eigenvalue weighted by Crippen LogP contribution is -2.42. The smallest absolute Gasteiger partial charge is 0.256 e. The summed E-state index contributed by atoms with van der Waals surface area (Å²) in [7, 11) is 0. The van der Waals surface area contributed by atoms with Gasteiger partial charge in [0, 0.05) is 19.0 Å². The number of aliphatic hydroxyl groups excluding tert-OH is 1. The largest absolute Gasteiger partial charge is 0.393 e. The summed E-state index contributed by atoms with van der Waals surface area (Å²) >= 11 is 13.0. The third kappa shape index (κ3) is 2.99. The molecule has 2 atom stereocenters. The third-order valence-corrected chi connectivity index (χ3v) is 4.80. The van der Waals surface area contributed by atoms with Crippen molar-refractivity contribution in [1.82, 2.24) is 4.90 Å². The van der Waals surface area contributed by atoms with Crippen molar-refractivity contribution in [2.24, 2.45) is 5.92 Å². The number of piperidine rings is 1. The lowest BCUT2D eigenvalue weighted by atomic mass is 9.93. The van der Waals surface area contributed by atoms with Crippen LogP contribution in [0.4, 0.5) is 0 Å². The minimum Gasteiger partial charge on any atom is -0.393 e. The average Bonchev–Trinajstić information content (AvgIpc) is 2.67. The van der Waals surface area contributed by atoms with Gasteiger partial charge in [-0.3, -0.25) is 4.79 Å². The van der Waals surface area contributed by atoms with Crippen molar-refractivity contribution >= 4 is 40.4 Å². The molecule has 18 heavy (non-hydrogen) atoms. The molecule has 1 aromatic heterocycles. The molecule has 0 aliphatic carbocycles. The van der Waals surface area contributed by atoms with Crippen LogP contribution in [0.15, 0.2) is 6.07 Å². The maximum atomic E-state index is 12.3. The summed E-state index contributed by atoms with van der Waals surface area (Å²) in [5.74, 6) is 0.0593. The zero-order valence-electron chi connectivity index (χ0n) is 10.0. The highest BCUT2D eigenvalue weighted by Crippen LogP contribution is 2.33. The molecule has 1 aromatic rings. The van der Waals surface area contributed by atoms with Gasteiger partial charge >= 0.3 is 0 Å². The van der Waals surface area contributed by atoms with Gasteiger partial charge in [0.25, 0.3) is 5.91 Å². The number of carbonyl (C=O) groups is 1. The Hall–Kier alpha value is -0.290. The van der Waals surface area contributed by atoms with E-state index < -0.39 is 0 Å². The average molecular weight is 308 g/mol. The highest BCUT2D eigenvalue weighted by atomic mass is 35.5. The monoisotopic (exact) mass is 307 g/mol. The van der Waals surface area contributed by atoms with E-state index in [0.717, 1.165) is 12.8 Å². The Morgan fingerprint density at radius 2 is 2.33 bits per heavy atom. The number of halogens is 2. The molecule has 3 nitrogen and oxygen atoms in total. The van der Waals surface area contributed by atoms with Crippen LogP contribution in [0.3, 0.4) is 0 Å². The van der Waals surface area contributed by atoms with Crippen LogP contribution in [0, 0.1) is 5.92 Å². The summed E-state index contributed by atoms with van der Waals surface area (Å²) in [6, 6.07) is 1.61. The Balaban J connectivity index is 2.11. The molecule has 1 aliphatic heterocycles. The molecule has 0 aromatic carbocycles. The topological polar surface area (TPSA) is 40.5 Å². The van der Waals surface area contributed by atoms with Gasteiger partial charge in [0.2, 0.25) is 0 Å². The first-order valence-electron chi connectivity index (χ1n) is 5.91. The summed E-state index contributed by atoms with van der Waals surface area (Å²) in [5, 5.41) is 9.62. The minimum atomic E-state index is -0.387. The molecule has 2 unspecified atom stereocenters. The van der Waals surface area contributed by atoms with E-state index in [1.54, 1.807) is 17.9 Å². The number of likely N-dealkylation sites (tertiary alicyclic amines) is 1. The number of nitrogens with zero attached hydrogens (tertiary/aromatic N) is 1. The Morgan fingerprint density at radius 1 is 1.61 bits per heavy atom. The fourth-order valence-electron chi connectivity index (χ4n) is 2.24. The molecule has 0 saturated carbocycles. The normalized spacial score (nSPS) is 22.0. The van der Waals surface area contributed by atoms with Gasteiger partial charge in [-0.2, -0.15) is 0 Å². The second-order valence-corrected chi connectivity index (χ2v) is 6.92. The van der Waals surface area contributed by atoms with Crippen LogP contribution in [0.1, 0.15) is 30.1 Å². The Kier molecular flexibility index (Phi) is 4.54. The van der Waals surface area contributed by atoms with E-state index in [1.807, 2.05) is 0 Å². The summed E-state index contributed by atoms with van der Waals surface area (Å²) < 4.78 is 0.955. The molecule has 1 amide bonds. The van der Waals surface area contributed by atoms with Gasteiger partial charge in [-0.1, -0.05) is 23.2 Å². The van der Waals surface area contributed by atoms with E-state index in [2.05, 4.69) is 0 Å². The highest BCUT2D eigenvalue weighted by molar-refractivity contribution is 7.20. The Morgan fingerprint density at radius 3 is 2.89 bits per heavy atom. The molecule has 1 fully saturated rings. The van der Waals surface area contributed by atoms with Crippen LogP contribution in [0.5, 0.6) is 0 Å². The van der Waals surface area contributed by atoms with E-state index in [4.69, 9.17) is 23.2 Å². The number of thiophene rings is 1. The van der Waals surface area contributed by atoms with E-state index >= 15 is 0 Å². The Labute approximate surface area is 120 Å². The number of carbonyl (C=O) groups excluding carboxylic acids is 1. The molecule has 100 valence electrons. The first-order valence-corrected chi connectivity index (χ1v) is 7.48. The highest BCUT2D eigenvalue weighted by Gasteiger charge is 2.28. The number of rotatable bonds is 2. The number of amides is 1. The lowest BCUT2D eigenvalue weighted by molar-refractivity contribution is 0.0466. The van der Waals surface area contributed by atoms with Crippen molar-refractivity contribution in [3.8, 4) is 0 Å². The molecule has 1 aliphatic rings. The fraction of sp³-hybridized carbons (Fsp3) is 0.583. The van der Waals surface area contributed by atoms with Crippen LogP contribution in [0.2, 0.25) is 8.67 Å². The van der Waals surface area contributed by atoms with E-state index in [9.17, 15) is 9.90 Å². The zero-order valence-corrected chi connectivity index (χ0v) is 12.4. The molecular formula is C12H15Cl2NO2S. The number of hydrogen-bond acceptors (Lipinski definition) is 3. The lowest BCUT2D eigenvalue weighted by Gasteiger charge is -2.34. The predicted octanol–water partition coefficient (Wildman–Crippen LogP) is 3.29. The Bertz CT molecular complexity index is 447. The molecule has 1 saturated heterocycles. The standard InChI is InChI=1S/C12H15Cl2NO2S/c1-7(16)8-3-2-4-15(6-8)12(17)9-5-10(13)18-11(9)14/h5,7-8,16H,2-4,6H2,1H3. The summed E-state index contributed by atoms with van der Waals surface area (Å²) in [6.07, 6.45) is 1.48. The van der Waals surface area contributed by atoms with Crippen LogP contribution < -0.4 is 0 Å². The number of aliphatic hydroxyl groups is 1. The molecule has 2 rings (SSSR count). The molecule has 6 heteroatoms. The van der Waals surface area contributed by atoms with Gasteiger partial charge in [-0.15, -0.1) is 11.3 Å².